The van der Waals surface area contributed by atoms with Gasteiger partial charge in [-0.05, 0) is 25.5 Å². The molecule has 1 aromatic carbocycles. The van der Waals surface area contributed by atoms with Crippen LogP contribution in [0.4, 0.5) is 5.69 Å². The highest BCUT2D eigenvalue weighted by Crippen LogP contribution is 2.12. The summed E-state index contributed by atoms with van der Waals surface area (Å²) < 4.78 is 5.39. The predicted molar refractivity (Wildman–Crippen MR) is 67.7 cm³/mol. The fraction of sp³-hybridized carbons (Fsp3) is 0.462. The Bertz CT molecular complexity index is 414. The molecule has 0 aromatic heterocycles. The molecule has 18 heavy (non-hydrogen) atoms. The number of non-ortho nitro benzene ring substituents is 1. The lowest BCUT2D eigenvalue weighted by Crippen LogP contribution is -2.15. The van der Waals surface area contributed by atoms with Crippen LogP contribution < -0.4 is 0 Å². The Morgan fingerprint density at radius 3 is 2.50 bits per heavy atom. The van der Waals surface area contributed by atoms with Gasteiger partial charge in [-0.15, -0.1) is 0 Å². The summed E-state index contributed by atoms with van der Waals surface area (Å²) in [5.74, 6) is -0.159. The topological polar surface area (TPSA) is 69.4 Å². The standard InChI is InChI=1S/C13H17NO4/c1-3-4-10(2)18-9-13(15)11-5-7-12(8-6-11)14(16)17/h5-8,10H,3-4,9H2,1-2H3. The van der Waals surface area contributed by atoms with Crippen LogP contribution >= 0.6 is 0 Å². The number of nitrogens with zero attached hydrogens (tertiary/aromatic N) is 1. The van der Waals surface area contributed by atoms with E-state index in [1.54, 1.807) is 0 Å². The van der Waals surface area contributed by atoms with Crippen LogP contribution in [-0.4, -0.2) is 23.4 Å². The summed E-state index contributed by atoms with van der Waals surface area (Å²) in [5.41, 5.74) is 0.413. The van der Waals surface area contributed by atoms with Gasteiger partial charge in [-0.1, -0.05) is 13.3 Å². The van der Waals surface area contributed by atoms with Gasteiger partial charge in [-0.3, -0.25) is 14.9 Å². The molecule has 1 aromatic rings. The van der Waals surface area contributed by atoms with Gasteiger partial charge in [0.25, 0.3) is 5.69 Å². The largest absolute Gasteiger partial charge is 0.370 e. The minimum absolute atomic E-state index is 0.0129. The molecule has 0 heterocycles. The van der Waals surface area contributed by atoms with E-state index >= 15 is 0 Å². The molecule has 0 aliphatic heterocycles. The Labute approximate surface area is 106 Å². The molecule has 0 saturated heterocycles. The summed E-state index contributed by atoms with van der Waals surface area (Å²) in [6.45, 7) is 3.99. The van der Waals surface area contributed by atoms with Crippen molar-refractivity contribution in [3.05, 3.63) is 39.9 Å². The maximum atomic E-state index is 11.7. The molecule has 0 fully saturated rings. The number of ether oxygens (including phenoxy) is 1. The quantitative estimate of drug-likeness (QED) is 0.424. The molecule has 5 nitrogen and oxygen atoms in total. The molecule has 0 saturated carbocycles. The average molecular weight is 251 g/mol. The predicted octanol–water partition coefficient (Wildman–Crippen LogP) is 2.98. The van der Waals surface area contributed by atoms with Gasteiger partial charge in [0.05, 0.1) is 11.0 Å². The number of hydrogen-bond donors (Lipinski definition) is 0. The van der Waals surface area contributed by atoms with E-state index < -0.39 is 4.92 Å². The van der Waals surface area contributed by atoms with Crippen molar-refractivity contribution in [2.45, 2.75) is 32.8 Å². The number of Topliss-reactive ketones (excluding diaryl/α,β-unsaturated/α-hetero) is 1. The molecule has 0 N–H and O–H groups in total. The van der Waals surface area contributed by atoms with Crippen molar-refractivity contribution in [3.63, 3.8) is 0 Å². The molecule has 0 spiro atoms. The molecule has 1 rings (SSSR count). The normalized spacial score (nSPS) is 12.1. The number of nitro benzene ring substituents is 1. The lowest BCUT2D eigenvalue weighted by atomic mass is 10.1. The zero-order valence-corrected chi connectivity index (χ0v) is 10.6. The second-order valence-electron chi connectivity index (χ2n) is 4.14. The van der Waals surface area contributed by atoms with Crippen molar-refractivity contribution in [1.29, 1.82) is 0 Å². The first-order valence-electron chi connectivity index (χ1n) is 5.93. The Balaban J connectivity index is 2.54. The average Bonchev–Trinajstić information content (AvgIpc) is 2.36. The molecule has 0 aliphatic carbocycles. The SMILES string of the molecule is CCCC(C)OCC(=O)c1ccc([N+](=O)[O-])cc1. The van der Waals surface area contributed by atoms with Crippen molar-refractivity contribution >= 4 is 11.5 Å². The van der Waals surface area contributed by atoms with Crippen molar-refractivity contribution in [2.75, 3.05) is 6.61 Å². The smallest absolute Gasteiger partial charge is 0.269 e. The van der Waals surface area contributed by atoms with E-state index in [0.29, 0.717) is 5.56 Å². The molecule has 0 radical (unpaired) electrons. The summed E-state index contributed by atoms with van der Waals surface area (Å²) in [6, 6.07) is 5.55. The molecule has 0 bridgehead atoms. The zero-order valence-electron chi connectivity index (χ0n) is 10.6. The van der Waals surface area contributed by atoms with Gasteiger partial charge in [0.2, 0.25) is 0 Å². The van der Waals surface area contributed by atoms with E-state index in [4.69, 9.17) is 4.74 Å². The summed E-state index contributed by atoms with van der Waals surface area (Å²) in [6.07, 6.45) is 1.97. The third kappa shape index (κ3) is 4.25. The third-order valence-corrected chi connectivity index (χ3v) is 2.59. The first-order valence-corrected chi connectivity index (χ1v) is 5.93. The van der Waals surface area contributed by atoms with E-state index in [-0.39, 0.29) is 24.2 Å². The highest BCUT2D eigenvalue weighted by molar-refractivity contribution is 5.97. The number of nitro groups is 1. The van der Waals surface area contributed by atoms with Crippen molar-refractivity contribution in [2.24, 2.45) is 0 Å². The van der Waals surface area contributed by atoms with Gasteiger partial charge in [-0.25, -0.2) is 0 Å². The Hall–Kier alpha value is -1.75. The van der Waals surface area contributed by atoms with Crippen LogP contribution in [0.5, 0.6) is 0 Å². The highest BCUT2D eigenvalue weighted by atomic mass is 16.6. The maximum Gasteiger partial charge on any atom is 0.269 e. The maximum absolute atomic E-state index is 11.7. The van der Waals surface area contributed by atoms with Crippen LogP contribution in [0.15, 0.2) is 24.3 Å². The van der Waals surface area contributed by atoms with Crippen LogP contribution in [0, 0.1) is 10.1 Å². The lowest BCUT2D eigenvalue weighted by Gasteiger charge is -2.10. The number of carbonyl (C=O) groups excluding carboxylic acids is 1. The van der Waals surface area contributed by atoms with Crippen LogP contribution in [-0.2, 0) is 4.74 Å². The van der Waals surface area contributed by atoms with Gasteiger partial charge in [-0.2, -0.15) is 0 Å². The lowest BCUT2D eigenvalue weighted by molar-refractivity contribution is -0.384. The molecular weight excluding hydrogens is 234 g/mol. The second kappa shape index (κ2) is 6.86. The molecular formula is C13H17NO4. The zero-order chi connectivity index (χ0) is 13.5. The van der Waals surface area contributed by atoms with Gasteiger partial charge in [0.15, 0.2) is 5.78 Å². The van der Waals surface area contributed by atoms with E-state index in [1.165, 1.54) is 24.3 Å². The summed E-state index contributed by atoms with van der Waals surface area (Å²) in [5, 5.41) is 10.5. The van der Waals surface area contributed by atoms with Crippen molar-refractivity contribution in [1.82, 2.24) is 0 Å². The number of benzene rings is 1. The first-order chi connectivity index (χ1) is 8.54. The van der Waals surface area contributed by atoms with Gasteiger partial charge in [0.1, 0.15) is 6.61 Å². The number of hydrogen-bond acceptors (Lipinski definition) is 4. The Morgan fingerprint density at radius 1 is 1.39 bits per heavy atom. The fourth-order valence-electron chi connectivity index (χ4n) is 1.56. The number of rotatable bonds is 7. The Kier molecular flexibility index (Phi) is 5.45. The summed E-state index contributed by atoms with van der Waals surface area (Å²) in [7, 11) is 0. The number of carbonyl (C=O) groups is 1. The summed E-state index contributed by atoms with van der Waals surface area (Å²) >= 11 is 0. The molecule has 1 unspecified atom stereocenters. The van der Waals surface area contributed by atoms with Crippen LogP contribution in [0.1, 0.15) is 37.0 Å². The van der Waals surface area contributed by atoms with Gasteiger partial charge >= 0.3 is 0 Å². The minimum Gasteiger partial charge on any atom is -0.370 e. The molecule has 1 atom stereocenters. The molecule has 98 valence electrons. The van der Waals surface area contributed by atoms with Crippen molar-refractivity contribution in [3.8, 4) is 0 Å². The summed E-state index contributed by atoms with van der Waals surface area (Å²) in [4.78, 5) is 21.7. The third-order valence-electron chi connectivity index (χ3n) is 2.59. The van der Waals surface area contributed by atoms with Crippen LogP contribution in [0.2, 0.25) is 0 Å². The van der Waals surface area contributed by atoms with Crippen LogP contribution in [0.25, 0.3) is 0 Å². The monoisotopic (exact) mass is 251 g/mol. The first kappa shape index (κ1) is 14.3. The second-order valence-corrected chi connectivity index (χ2v) is 4.14. The molecule has 0 aliphatic rings. The van der Waals surface area contributed by atoms with E-state index in [0.717, 1.165) is 12.8 Å². The minimum atomic E-state index is -0.492. The van der Waals surface area contributed by atoms with Gasteiger partial charge in [0, 0.05) is 17.7 Å². The number of ketones is 1. The van der Waals surface area contributed by atoms with E-state index in [1.807, 2.05) is 6.92 Å². The highest BCUT2D eigenvalue weighted by Gasteiger charge is 2.11. The Morgan fingerprint density at radius 2 is 2.00 bits per heavy atom. The van der Waals surface area contributed by atoms with E-state index in [9.17, 15) is 14.9 Å². The fourth-order valence-corrected chi connectivity index (χ4v) is 1.56. The van der Waals surface area contributed by atoms with E-state index in [2.05, 4.69) is 6.92 Å². The van der Waals surface area contributed by atoms with Gasteiger partial charge < -0.3 is 4.74 Å². The molecule has 5 heteroatoms. The molecule has 0 amide bonds. The van der Waals surface area contributed by atoms with Crippen LogP contribution in [0.3, 0.4) is 0 Å². The van der Waals surface area contributed by atoms with Crippen molar-refractivity contribution < 1.29 is 14.5 Å².